The molecule has 2 fully saturated rings. The van der Waals surface area contributed by atoms with Crippen molar-refractivity contribution in [1.29, 1.82) is 0 Å². The van der Waals surface area contributed by atoms with E-state index < -0.39 is 11.9 Å². The van der Waals surface area contributed by atoms with Crippen molar-refractivity contribution < 1.29 is 9.59 Å². The summed E-state index contributed by atoms with van der Waals surface area (Å²) in [4.78, 5) is 40.9. The lowest BCUT2D eigenvalue weighted by Crippen LogP contribution is -2.22. The van der Waals surface area contributed by atoms with Crippen LogP contribution in [0.2, 0.25) is 0 Å². The minimum absolute atomic E-state index is 0.134. The molecule has 3 amide bonds. The highest BCUT2D eigenvalue weighted by molar-refractivity contribution is 6.14. The lowest BCUT2D eigenvalue weighted by molar-refractivity contribution is -0.115. The van der Waals surface area contributed by atoms with Crippen molar-refractivity contribution >= 4 is 35.6 Å². The van der Waals surface area contributed by atoms with E-state index in [2.05, 4.69) is 46.3 Å². The van der Waals surface area contributed by atoms with Crippen LogP contribution in [0.15, 0.2) is 24.3 Å². The van der Waals surface area contributed by atoms with E-state index in [1.165, 1.54) is 6.08 Å². The van der Waals surface area contributed by atoms with Gasteiger partial charge in [0, 0.05) is 17.8 Å². The van der Waals surface area contributed by atoms with E-state index >= 15 is 0 Å². The molecule has 4 heterocycles. The Hall–Kier alpha value is -4.09. The molecule has 0 bridgehead atoms. The molecule has 30 heavy (non-hydrogen) atoms. The number of carbonyl (C=O) groups excluding carboxylic acids is 2. The molecule has 1 aliphatic carbocycles. The van der Waals surface area contributed by atoms with E-state index in [4.69, 9.17) is 0 Å². The van der Waals surface area contributed by atoms with Crippen LogP contribution in [-0.4, -0.2) is 47.5 Å². The van der Waals surface area contributed by atoms with Crippen LogP contribution in [0.3, 0.4) is 0 Å². The normalized spacial score (nSPS) is 17.3. The standard InChI is InChI=1S/C18H18N10O2/c1-9-5-20-12(7-19-9)8-21-16-25-14-10(4-13-15(29)26-18(30)24-13)6-22-28(14)17(27-16)23-11-2-3-11/h4-7,11H,2-3,8H2,1H3,(H2,21,23,25,27)(H2,24,26,29,30)/b13-4-. The summed E-state index contributed by atoms with van der Waals surface area (Å²) in [7, 11) is 0. The quantitative estimate of drug-likeness (QED) is 0.340. The number of urea groups is 1. The van der Waals surface area contributed by atoms with Gasteiger partial charge in [0.15, 0.2) is 5.65 Å². The molecule has 0 unspecified atom stereocenters. The Morgan fingerprint density at radius 2 is 2.03 bits per heavy atom. The van der Waals surface area contributed by atoms with Gasteiger partial charge in [-0.15, -0.1) is 0 Å². The number of carbonyl (C=O) groups is 2. The zero-order valence-corrected chi connectivity index (χ0v) is 16.0. The van der Waals surface area contributed by atoms with Crippen LogP contribution in [0.5, 0.6) is 0 Å². The molecule has 0 atom stereocenters. The number of aromatic nitrogens is 6. The number of amides is 3. The molecular formula is C18H18N10O2. The highest BCUT2D eigenvalue weighted by Gasteiger charge is 2.25. The summed E-state index contributed by atoms with van der Waals surface area (Å²) in [6, 6.07) is -0.209. The molecule has 0 radical (unpaired) electrons. The van der Waals surface area contributed by atoms with Crippen molar-refractivity contribution in [3.63, 3.8) is 0 Å². The molecule has 12 heteroatoms. The second-order valence-corrected chi connectivity index (χ2v) is 7.09. The second-order valence-electron chi connectivity index (χ2n) is 7.09. The Morgan fingerprint density at radius 3 is 2.73 bits per heavy atom. The van der Waals surface area contributed by atoms with Gasteiger partial charge in [0.1, 0.15) is 5.70 Å². The first kappa shape index (κ1) is 18.0. The first-order chi connectivity index (χ1) is 14.5. The fourth-order valence-electron chi connectivity index (χ4n) is 2.90. The predicted octanol–water partition coefficient (Wildman–Crippen LogP) is 0.589. The summed E-state index contributed by atoms with van der Waals surface area (Å²) >= 11 is 0. The van der Waals surface area contributed by atoms with Crippen molar-refractivity contribution in [1.82, 2.24) is 40.2 Å². The molecule has 4 N–H and O–H groups in total. The van der Waals surface area contributed by atoms with Gasteiger partial charge in [-0.2, -0.15) is 19.6 Å². The first-order valence-electron chi connectivity index (χ1n) is 9.43. The van der Waals surface area contributed by atoms with Gasteiger partial charge in [-0.3, -0.25) is 20.1 Å². The molecule has 0 spiro atoms. The minimum Gasteiger partial charge on any atom is -0.351 e. The Morgan fingerprint density at radius 1 is 1.17 bits per heavy atom. The van der Waals surface area contributed by atoms with E-state index in [0.29, 0.717) is 35.7 Å². The Labute approximate surface area is 170 Å². The van der Waals surface area contributed by atoms with Crippen LogP contribution in [-0.2, 0) is 11.3 Å². The van der Waals surface area contributed by atoms with E-state index in [0.717, 1.165) is 24.2 Å². The number of hydrogen-bond acceptors (Lipinski definition) is 9. The van der Waals surface area contributed by atoms with Crippen LogP contribution in [0, 0.1) is 6.92 Å². The molecule has 1 aliphatic heterocycles. The highest BCUT2D eigenvalue weighted by Crippen LogP contribution is 2.25. The number of aryl methyl sites for hydroxylation is 1. The van der Waals surface area contributed by atoms with Gasteiger partial charge < -0.3 is 16.0 Å². The van der Waals surface area contributed by atoms with Crippen LogP contribution in [0.4, 0.5) is 16.7 Å². The molecule has 0 aromatic carbocycles. The van der Waals surface area contributed by atoms with Crippen molar-refractivity contribution in [2.24, 2.45) is 0 Å². The highest BCUT2D eigenvalue weighted by atomic mass is 16.2. The smallest absolute Gasteiger partial charge is 0.326 e. The summed E-state index contributed by atoms with van der Waals surface area (Å²) in [5.74, 6) is 0.429. The van der Waals surface area contributed by atoms with Crippen molar-refractivity contribution in [3.05, 3.63) is 41.2 Å². The van der Waals surface area contributed by atoms with Crippen LogP contribution >= 0.6 is 0 Å². The Kier molecular flexibility index (Phi) is 4.23. The maximum absolute atomic E-state index is 11.9. The topological polar surface area (TPSA) is 151 Å². The lowest BCUT2D eigenvalue weighted by Gasteiger charge is -2.10. The zero-order valence-electron chi connectivity index (χ0n) is 16.0. The number of imide groups is 1. The Bertz CT molecular complexity index is 1180. The van der Waals surface area contributed by atoms with Gasteiger partial charge in [0.05, 0.1) is 30.3 Å². The molecule has 1 saturated heterocycles. The summed E-state index contributed by atoms with van der Waals surface area (Å²) in [5.41, 5.74) is 2.79. The summed E-state index contributed by atoms with van der Waals surface area (Å²) in [5, 5.41) is 15.5. The number of nitrogens with one attached hydrogen (secondary N) is 4. The van der Waals surface area contributed by atoms with Gasteiger partial charge in [-0.05, 0) is 25.8 Å². The monoisotopic (exact) mass is 406 g/mol. The molecule has 3 aromatic heterocycles. The van der Waals surface area contributed by atoms with Gasteiger partial charge in [-0.25, -0.2) is 4.79 Å². The SMILES string of the molecule is Cc1cnc(CNc2nc(NC3CC3)n3ncc(/C=C4\NC(=O)NC4=O)c3n2)cn1. The van der Waals surface area contributed by atoms with Gasteiger partial charge in [-0.1, -0.05) is 0 Å². The van der Waals surface area contributed by atoms with Gasteiger partial charge >= 0.3 is 6.03 Å². The minimum atomic E-state index is -0.560. The molecule has 152 valence electrons. The van der Waals surface area contributed by atoms with E-state index in [-0.39, 0.29) is 5.70 Å². The van der Waals surface area contributed by atoms with Gasteiger partial charge in [0.25, 0.3) is 5.91 Å². The third kappa shape index (κ3) is 3.62. The molecule has 3 aromatic rings. The molecule has 2 aliphatic rings. The summed E-state index contributed by atoms with van der Waals surface area (Å²) < 4.78 is 1.58. The summed E-state index contributed by atoms with van der Waals surface area (Å²) in [6.45, 7) is 2.27. The molecule has 1 saturated carbocycles. The first-order valence-corrected chi connectivity index (χ1v) is 9.43. The van der Waals surface area contributed by atoms with E-state index in [1.807, 2.05) is 6.92 Å². The molecule has 12 nitrogen and oxygen atoms in total. The van der Waals surface area contributed by atoms with Crippen LogP contribution < -0.4 is 21.3 Å². The average molecular weight is 406 g/mol. The number of nitrogens with zero attached hydrogens (tertiary/aromatic N) is 6. The van der Waals surface area contributed by atoms with E-state index in [9.17, 15) is 9.59 Å². The number of anilines is 2. The van der Waals surface area contributed by atoms with E-state index in [1.54, 1.807) is 23.1 Å². The number of rotatable bonds is 6. The molecular weight excluding hydrogens is 388 g/mol. The maximum atomic E-state index is 11.9. The lowest BCUT2D eigenvalue weighted by atomic mass is 10.2. The largest absolute Gasteiger partial charge is 0.351 e. The average Bonchev–Trinajstić information content (AvgIpc) is 3.36. The third-order valence-corrected chi connectivity index (χ3v) is 4.59. The second kappa shape index (κ2) is 7.06. The predicted molar refractivity (Wildman–Crippen MR) is 106 cm³/mol. The van der Waals surface area contributed by atoms with Crippen LogP contribution in [0.25, 0.3) is 11.7 Å². The van der Waals surface area contributed by atoms with Crippen molar-refractivity contribution in [3.8, 4) is 0 Å². The third-order valence-electron chi connectivity index (χ3n) is 4.59. The maximum Gasteiger partial charge on any atom is 0.326 e. The Balaban J connectivity index is 1.49. The fraction of sp³-hybridized carbons (Fsp3) is 0.278. The van der Waals surface area contributed by atoms with Crippen LogP contribution in [0.1, 0.15) is 29.8 Å². The number of hydrogen-bond donors (Lipinski definition) is 4. The number of fused-ring (bicyclic) bond motifs is 1. The van der Waals surface area contributed by atoms with Crippen molar-refractivity contribution in [2.75, 3.05) is 10.6 Å². The molecule has 5 rings (SSSR count). The summed E-state index contributed by atoms with van der Waals surface area (Å²) in [6.07, 6.45) is 8.63. The van der Waals surface area contributed by atoms with Gasteiger partial charge in [0.2, 0.25) is 11.9 Å². The fourth-order valence-corrected chi connectivity index (χ4v) is 2.90. The van der Waals surface area contributed by atoms with Crippen molar-refractivity contribution in [2.45, 2.75) is 32.4 Å². The zero-order chi connectivity index (χ0) is 20.7.